The molecule has 0 heterocycles. The van der Waals surface area contributed by atoms with Crippen LogP contribution in [0.15, 0.2) is 12.1 Å². The molecular formula is C9H7ClFNO2. The largest absolute Gasteiger partial charge is 0.495 e. The predicted octanol–water partition coefficient (Wildman–Crippen LogP) is 2.04. The lowest BCUT2D eigenvalue weighted by Gasteiger charge is -2.08. The molecule has 0 spiro atoms. The highest BCUT2D eigenvalue weighted by atomic mass is 35.5. The van der Waals surface area contributed by atoms with Crippen LogP contribution in [0, 0.1) is 17.1 Å². The molecule has 5 heteroatoms. The van der Waals surface area contributed by atoms with Gasteiger partial charge in [-0.25, -0.2) is 4.39 Å². The van der Waals surface area contributed by atoms with E-state index in [1.165, 1.54) is 19.2 Å². The van der Waals surface area contributed by atoms with E-state index in [1.807, 2.05) is 0 Å². The van der Waals surface area contributed by atoms with Crippen LogP contribution in [0.2, 0.25) is 5.02 Å². The zero-order valence-corrected chi connectivity index (χ0v) is 8.05. The van der Waals surface area contributed by atoms with Gasteiger partial charge in [0.15, 0.2) is 6.10 Å². The Labute approximate surface area is 85.3 Å². The molecular weight excluding hydrogens is 209 g/mol. The third kappa shape index (κ3) is 1.95. The van der Waals surface area contributed by atoms with Gasteiger partial charge < -0.3 is 9.84 Å². The van der Waals surface area contributed by atoms with Gasteiger partial charge in [-0.3, -0.25) is 0 Å². The second kappa shape index (κ2) is 4.27. The lowest BCUT2D eigenvalue weighted by Crippen LogP contribution is -1.99. The summed E-state index contributed by atoms with van der Waals surface area (Å²) in [5, 5.41) is 17.6. The number of aliphatic hydroxyl groups is 1. The standard InChI is InChI=1S/C9H7ClFNO2/c1-14-9-3-7(11)5(2-6(9)10)8(13)4-12/h2-3,8,13H,1H3. The average molecular weight is 216 g/mol. The highest BCUT2D eigenvalue weighted by Gasteiger charge is 2.15. The maximum absolute atomic E-state index is 13.2. The molecule has 1 unspecified atom stereocenters. The molecule has 0 aliphatic carbocycles. The van der Waals surface area contributed by atoms with Crippen molar-refractivity contribution in [1.29, 1.82) is 5.26 Å². The Morgan fingerprint density at radius 2 is 2.29 bits per heavy atom. The smallest absolute Gasteiger partial charge is 0.168 e. The molecule has 14 heavy (non-hydrogen) atoms. The van der Waals surface area contributed by atoms with Gasteiger partial charge >= 0.3 is 0 Å². The van der Waals surface area contributed by atoms with Gasteiger partial charge in [0.1, 0.15) is 11.6 Å². The molecule has 1 rings (SSSR count). The Kier molecular flexibility index (Phi) is 3.28. The SMILES string of the molecule is COc1cc(F)c(C(O)C#N)cc1Cl. The van der Waals surface area contributed by atoms with E-state index < -0.39 is 11.9 Å². The zero-order chi connectivity index (χ0) is 10.7. The summed E-state index contributed by atoms with van der Waals surface area (Å²) in [5.41, 5.74) is -0.154. The second-order valence-electron chi connectivity index (χ2n) is 2.54. The number of methoxy groups -OCH3 is 1. The number of aliphatic hydroxyl groups excluding tert-OH is 1. The molecule has 1 atom stereocenters. The molecule has 74 valence electrons. The Morgan fingerprint density at radius 1 is 1.64 bits per heavy atom. The monoisotopic (exact) mass is 215 g/mol. The van der Waals surface area contributed by atoms with Gasteiger partial charge in [0.05, 0.1) is 18.2 Å². The summed E-state index contributed by atoms with van der Waals surface area (Å²) >= 11 is 5.69. The first-order valence-electron chi connectivity index (χ1n) is 3.70. The number of hydrogen-bond acceptors (Lipinski definition) is 3. The summed E-state index contributed by atoms with van der Waals surface area (Å²) in [6.45, 7) is 0. The molecule has 0 saturated carbocycles. The fourth-order valence-corrected chi connectivity index (χ4v) is 1.23. The van der Waals surface area contributed by atoms with Gasteiger partial charge in [0.2, 0.25) is 0 Å². The van der Waals surface area contributed by atoms with Crippen LogP contribution in [0.5, 0.6) is 5.75 Å². The quantitative estimate of drug-likeness (QED) is 0.769. The van der Waals surface area contributed by atoms with Crippen molar-refractivity contribution in [3.63, 3.8) is 0 Å². The van der Waals surface area contributed by atoms with Gasteiger partial charge in [0, 0.05) is 11.6 Å². The van der Waals surface area contributed by atoms with Crippen molar-refractivity contribution >= 4 is 11.6 Å². The first-order valence-corrected chi connectivity index (χ1v) is 4.08. The Hall–Kier alpha value is -1.31. The Bertz CT molecular complexity index is 389. The molecule has 0 bridgehead atoms. The maximum Gasteiger partial charge on any atom is 0.168 e. The van der Waals surface area contributed by atoms with Crippen LogP contribution < -0.4 is 4.74 Å². The summed E-state index contributed by atoms with van der Waals surface area (Å²) in [4.78, 5) is 0. The molecule has 0 fully saturated rings. The van der Waals surface area contributed by atoms with E-state index >= 15 is 0 Å². The fraction of sp³-hybridized carbons (Fsp3) is 0.222. The molecule has 3 nitrogen and oxygen atoms in total. The average Bonchev–Trinajstić information content (AvgIpc) is 2.19. The first kappa shape index (κ1) is 10.8. The van der Waals surface area contributed by atoms with Crippen LogP contribution in [0.25, 0.3) is 0 Å². The Balaban J connectivity index is 3.23. The van der Waals surface area contributed by atoms with Crippen molar-refractivity contribution in [1.82, 2.24) is 0 Å². The predicted molar refractivity (Wildman–Crippen MR) is 48.5 cm³/mol. The zero-order valence-electron chi connectivity index (χ0n) is 7.29. The van der Waals surface area contributed by atoms with Crippen molar-refractivity contribution in [3.05, 3.63) is 28.5 Å². The molecule has 0 saturated heterocycles. The van der Waals surface area contributed by atoms with Crippen molar-refractivity contribution in [2.24, 2.45) is 0 Å². The summed E-state index contributed by atoms with van der Waals surface area (Å²) < 4.78 is 18.0. The van der Waals surface area contributed by atoms with Crippen LogP contribution >= 0.6 is 11.6 Å². The number of ether oxygens (including phenoxy) is 1. The highest BCUT2D eigenvalue weighted by Crippen LogP contribution is 2.29. The third-order valence-corrected chi connectivity index (χ3v) is 1.98. The van der Waals surface area contributed by atoms with E-state index in [-0.39, 0.29) is 16.3 Å². The summed E-state index contributed by atoms with van der Waals surface area (Å²) in [5.74, 6) is -0.557. The van der Waals surface area contributed by atoms with Gasteiger partial charge in [-0.05, 0) is 6.07 Å². The number of nitriles is 1. The lowest BCUT2D eigenvalue weighted by atomic mass is 10.1. The minimum atomic E-state index is -1.52. The molecule has 1 aromatic carbocycles. The van der Waals surface area contributed by atoms with Crippen molar-refractivity contribution in [3.8, 4) is 11.8 Å². The number of hydrogen-bond donors (Lipinski definition) is 1. The molecule has 0 amide bonds. The van der Waals surface area contributed by atoms with Gasteiger partial charge in [-0.1, -0.05) is 11.6 Å². The van der Waals surface area contributed by atoms with E-state index in [2.05, 4.69) is 0 Å². The number of halogens is 2. The van der Waals surface area contributed by atoms with Crippen LogP contribution in [-0.4, -0.2) is 12.2 Å². The van der Waals surface area contributed by atoms with Crippen molar-refractivity contribution in [2.75, 3.05) is 7.11 Å². The van der Waals surface area contributed by atoms with Crippen LogP contribution in [0.3, 0.4) is 0 Å². The topological polar surface area (TPSA) is 53.2 Å². The van der Waals surface area contributed by atoms with Crippen molar-refractivity contribution in [2.45, 2.75) is 6.10 Å². The summed E-state index contributed by atoms with van der Waals surface area (Å²) in [6, 6.07) is 3.70. The lowest BCUT2D eigenvalue weighted by molar-refractivity contribution is 0.230. The fourth-order valence-electron chi connectivity index (χ4n) is 0.979. The van der Waals surface area contributed by atoms with Gasteiger partial charge in [0.25, 0.3) is 0 Å². The van der Waals surface area contributed by atoms with Crippen LogP contribution in [0.4, 0.5) is 4.39 Å². The molecule has 0 aromatic heterocycles. The molecule has 0 aliphatic rings. The first-order chi connectivity index (χ1) is 6.60. The van der Waals surface area contributed by atoms with E-state index in [1.54, 1.807) is 0 Å². The summed E-state index contributed by atoms with van der Waals surface area (Å²) in [7, 11) is 1.35. The number of benzene rings is 1. The number of nitrogens with zero attached hydrogens (tertiary/aromatic N) is 1. The van der Waals surface area contributed by atoms with E-state index in [9.17, 15) is 4.39 Å². The minimum absolute atomic E-state index is 0.151. The van der Waals surface area contributed by atoms with E-state index in [0.29, 0.717) is 0 Å². The van der Waals surface area contributed by atoms with Gasteiger partial charge in [-0.2, -0.15) is 5.26 Å². The van der Waals surface area contributed by atoms with Crippen molar-refractivity contribution < 1.29 is 14.2 Å². The maximum atomic E-state index is 13.2. The molecule has 1 N–H and O–H groups in total. The summed E-state index contributed by atoms with van der Waals surface area (Å²) in [6.07, 6.45) is -1.52. The second-order valence-corrected chi connectivity index (χ2v) is 2.95. The van der Waals surface area contributed by atoms with E-state index in [4.69, 9.17) is 26.7 Å². The number of rotatable bonds is 2. The van der Waals surface area contributed by atoms with Crippen LogP contribution in [-0.2, 0) is 0 Å². The van der Waals surface area contributed by atoms with E-state index in [0.717, 1.165) is 6.07 Å². The Morgan fingerprint density at radius 3 is 2.79 bits per heavy atom. The normalized spacial score (nSPS) is 11.9. The molecule has 1 aromatic rings. The molecule has 0 radical (unpaired) electrons. The highest BCUT2D eigenvalue weighted by molar-refractivity contribution is 6.32. The van der Waals surface area contributed by atoms with Gasteiger partial charge in [-0.15, -0.1) is 0 Å². The molecule has 0 aliphatic heterocycles. The van der Waals surface area contributed by atoms with Crippen LogP contribution in [0.1, 0.15) is 11.7 Å². The minimum Gasteiger partial charge on any atom is -0.495 e. The third-order valence-electron chi connectivity index (χ3n) is 1.69.